The Bertz CT molecular complexity index is 420. The van der Waals surface area contributed by atoms with E-state index in [1.165, 1.54) is 0 Å². The van der Waals surface area contributed by atoms with Crippen molar-refractivity contribution < 1.29 is 14.3 Å². The molecular weight excluding hydrogens is 242 g/mol. The number of benzene rings is 1. The minimum Gasteiger partial charge on any atom is -0.494 e. The highest BCUT2D eigenvalue weighted by molar-refractivity contribution is 5.71. The highest BCUT2D eigenvalue weighted by atomic mass is 16.5. The van der Waals surface area contributed by atoms with Gasteiger partial charge < -0.3 is 14.8 Å². The molecular formula is C15H23NO3. The SMILES string of the molecule is CCOC(=O)CC(C)(NC)c1ccccc1OCC. The lowest BCUT2D eigenvalue weighted by Crippen LogP contribution is -2.39. The fourth-order valence-electron chi connectivity index (χ4n) is 2.02. The van der Waals surface area contributed by atoms with Crippen molar-refractivity contribution in [3.63, 3.8) is 0 Å². The summed E-state index contributed by atoms with van der Waals surface area (Å²) in [5.74, 6) is 0.580. The average molecular weight is 265 g/mol. The number of hydrogen-bond donors (Lipinski definition) is 1. The fourth-order valence-corrected chi connectivity index (χ4v) is 2.02. The molecule has 0 spiro atoms. The Morgan fingerprint density at radius 3 is 2.53 bits per heavy atom. The average Bonchev–Trinajstić information content (AvgIpc) is 2.39. The number of carbonyl (C=O) groups is 1. The lowest BCUT2D eigenvalue weighted by atomic mass is 9.88. The van der Waals surface area contributed by atoms with E-state index in [2.05, 4.69) is 5.32 Å². The molecule has 0 heterocycles. The van der Waals surface area contributed by atoms with Gasteiger partial charge in [-0.1, -0.05) is 18.2 Å². The van der Waals surface area contributed by atoms with E-state index in [1.54, 1.807) is 0 Å². The van der Waals surface area contributed by atoms with Crippen LogP contribution >= 0.6 is 0 Å². The molecule has 0 aromatic heterocycles. The van der Waals surface area contributed by atoms with Gasteiger partial charge >= 0.3 is 5.97 Å². The van der Waals surface area contributed by atoms with Crippen LogP contribution in [-0.4, -0.2) is 26.2 Å². The number of carbonyl (C=O) groups excluding carboxylic acids is 1. The minimum atomic E-state index is -0.502. The number of hydrogen-bond acceptors (Lipinski definition) is 4. The van der Waals surface area contributed by atoms with Gasteiger partial charge in [-0.05, 0) is 33.9 Å². The Labute approximate surface area is 115 Å². The summed E-state index contributed by atoms with van der Waals surface area (Å²) in [5.41, 5.74) is 0.463. The maximum atomic E-state index is 11.8. The van der Waals surface area contributed by atoms with Crippen molar-refractivity contribution in [3.05, 3.63) is 29.8 Å². The first-order valence-corrected chi connectivity index (χ1v) is 6.64. The maximum absolute atomic E-state index is 11.8. The van der Waals surface area contributed by atoms with Crippen LogP contribution in [0.1, 0.15) is 32.8 Å². The normalized spacial score (nSPS) is 13.7. The van der Waals surface area contributed by atoms with Gasteiger partial charge in [0.05, 0.1) is 25.2 Å². The van der Waals surface area contributed by atoms with Crippen LogP contribution in [0.4, 0.5) is 0 Å². The second-order valence-electron chi connectivity index (χ2n) is 4.49. The molecule has 1 unspecified atom stereocenters. The molecule has 0 aliphatic rings. The third-order valence-electron chi connectivity index (χ3n) is 3.14. The van der Waals surface area contributed by atoms with E-state index < -0.39 is 5.54 Å². The second-order valence-corrected chi connectivity index (χ2v) is 4.49. The molecule has 0 fully saturated rings. The Kier molecular flexibility index (Phi) is 5.83. The van der Waals surface area contributed by atoms with Crippen molar-refractivity contribution in [2.24, 2.45) is 0 Å². The zero-order chi connectivity index (χ0) is 14.3. The smallest absolute Gasteiger partial charge is 0.307 e. The third kappa shape index (κ3) is 3.96. The van der Waals surface area contributed by atoms with E-state index in [9.17, 15) is 4.79 Å². The molecule has 19 heavy (non-hydrogen) atoms. The highest BCUT2D eigenvalue weighted by Gasteiger charge is 2.31. The van der Waals surface area contributed by atoms with E-state index in [1.807, 2.05) is 52.1 Å². The fraction of sp³-hybridized carbons (Fsp3) is 0.533. The molecule has 0 aliphatic heterocycles. The van der Waals surface area contributed by atoms with Crippen LogP contribution in [0.2, 0.25) is 0 Å². The van der Waals surface area contributed by atoms with Crippen LogP contribution in [0.15, 0.2) is 24.3 Å². The molecule has 1 atom stereocenters. The molecule has 1 N–H and O–H groups in total. The van der Waals surface area contributed by atoms with Crippen molar-refractivity contribution >= 4 is 5.97 Å². The first-order chi connectivity index (χ1) is 9.07. The Balaban J connectivity index is 3.03. The Morgan fingerprint density at radius 1 is 1.26 bits per heavy atom. The standard InChI is InChI=1S/C15H23NO3/c1-5-18-13-10-8-7-9-12(13)15(3,16-4)11-14(17)19-6-2/h7-10,16H,5-6,11H2,1-4H3. The molecule has 4 heteroatoms. The van der Waals surface area contributed by atoms with E-state index in [-0.39, 0.29) is 12.4 Å². The van der Waals surface area contributed by atoms with Crippen molar-refractivity contribution in [1.82, 2.24) is 5.32 Å². The molecule has 4 nitrogen and oxygen atoms in total. The maximum Gasteiger partial charge on any atom is 0.307 e. The van der Waals surface area contributed by atoms with Crippen LogP contribution in [0.25, 0.3) is 0 Å². The minimum absolute atomic E-state index is 0.217. The third-order valence-corrected chi connectivity index (χ3v) is 3.14. The van der Waals surface area contributed by atoms with Gasteiger partial charge in [0.25, 0.3) is 0 Å². The molecule has 0 bridgehead atoms. The number of rotatable bonds is 7. The van der Waals surface area contributed by atoms with Crippen molar-refractivity contribution in [1.29, 1.82) is 0 Å². The van der Waals surface area contributed by atoms with Crippen molar-refractivity contribution in [2.75, 3.05) is 20.3 Å². The summed E-state index contributed by atoms with van der Waals surface area (Å²) in [6.45, 7) is 6.71. The molecule has 1 aromatic rings. The van der Waals surface area contributed by atoms with E-state index >= 15 is 0 Å². The summed E-state index contributed by atoms with van der Waals surface area (Å²) in [5, 5.41) is 3.20. The zero-order valence-corrected chi connectivity index (χ0v) is 12.2. The van der Waals surface area contributed by atoms with Crippen LogP contribution in [0.3, 0.4) is 0 Å². The number of esters is 1. The summed E-state index contributed by atoms with van der Waals surface area (Å²) in [6.07, 6.45) is 0.265. The summed E-state index contributed by atoms with van der Waals surface area (Å²) in [4.78, 5) is 11.8. The van der Waals surface area contributed by atoms with Gasteiger partial charge in [-0.25, -0.2) is 0 Å². The van der Waals surface area contributed by atoms with Crippen LogP contribution in [0, 0.1) is 0 Å². The highest BCUT2D eigenvalue weighted by Crippen LogP contribution is 2.32. The van der Waals surface area contributed by atoms with Crippen LogP contribution < -0.4 is 10.1 Å². The van der Waals surface area contributed by atoms with E-state index in [4.69, 9.17) is 9.47 Å². The topological polar surface area (TPSA) is 47.6 Å². The summed E-state index contributed by atoms with van der Waals surface area (Å²) in [6, 6.07) is 7.76. The molecule has 106 valence electrons. The molecule has 0 amide bonds. The van der Waals surface area contributed by atoms with Gasteiger partial charge in [0.15, 0.2) is 0 Å². The molecule has 0 saturated carbocycles. The van der Waals surface area contributed by atoms with Gasteiger partial charge in [0.2, 0.25) is 0 Å². The first kappa shape index (κ1) is 15.5. The Morgan fingerprint density at radius 2 is 1.95 bits per heavy atom. The molecule has 0 saturated heterocycles. The molecule has 0 radical (unpaired) electrons. The number of ether oxygens (including phenoxy) is 2. The van der Waals surface area contributed by atoms with Crippen LogP contribution in [0.5, 0.6) is 5.75 Å². The Hall–Kier alpha value is -1.55. The van der Waals surface area contributed by atoms with Crippen molar-refractivity contribution in [2.45, 2.75) is 32.7 Å². The van der Waals surface area contributed by atoms with Gasteiger partial charge in [0.1, 0.15) is 5.75 Å². The second kappa shape index (κ2) is 7.14. The van der Waals surface area contributed by atoms with E-state index in [0.29, 0.717) is 13.2 Å². The van der Waals surface area contributed by atoms with Crippen molar-refractivity contribution in [3.8, 4) is 5.75 Å². The van der Waals surface area contributed by atoms with Gasteiger partial charge in [0, 0.05) is 5.56 Å². The van der Waals surface area contributed by atoms with Crippen LogP contribution in [-0.2, 0) is 15.1 Å². The largest absolute Gasteiger partial charge is 0.494 e. The van der Waals surface area contributed by atoms with E-state index in [0.717, 1.165) is 11.3 Å². The van der Waals surface area contributed by atoms with Gasteiger partial charge in [-0.15, -0.1) is 0 Å². The monoisotopic (exact) mass is 265 g/mol. The van der Waals surface area contributed by atoms with Gasteiger partial charge in [-0.2, -0.15) is 0 Å². The molecule has 1 aromatic carbocycles. The number of para-hydroxylation sites is 1. The molecule has 1 rings (SSSR count). The lowest BCUT2D eigenvalue weighted by Gasteiger charge is -2.30. The quantitative estimate of drug-likeness (QED) is 0.769. The first-order valence-electron chi connectivity index (χ1n) is 6.64. The summed E-state index contributed by atoms with van der Waals surface area (Å²) >= 11 is 0. The number of nitrogens with one attached hydrogen (secondary N) is 1. The van der Waals surface area contributed by atoms with Gasteiger partial charge in [-0.3, -0.25) is 4.79 Å². The summed E-state index contributed by atoms with van der Waals surface area (Å²) in [7, 11) is 1.84. The molecule has 0 aliphatic carbocycles. The summed E-state index contributed by atoms with van der Waals surface area (Å²) < 4.78 is 10.7. The predicted octanol–water partition coefficient (Wildman–Crippen LogP) is 2.47. The lowest BCUT2D eigenvalue weighted by molar-refractivity contribution is -0.144. The zero-order valence-electron chi connectivity index (χ0n) is 12.2. The predicted molar refractivity (Wildman–Crippen MR) is 75.3 cm³/mol.